The molecule has 0 aromatic rings. The van der Waals surface area contributed by atoms with Crippen molar-refractivity contribution in [1.29, 1.82) is 0 Å². The van der Waals surface area contributed by atoms with Crippen LogP contribution in [-0.4, -0.2) is 22.8 Å². The first-order valence-corrected chi connectivity index (χ1v) is 11.6. The molecule has 2 unspecified atom stereocenters. The van der Waals surface area contributed by atoms with Crippen LogP contribution in [0.5, 0.6) is 0 Å². The van der Waals surface area contributed by atoms with Crippen molar-refractivity contribution >= 4 is 11.8 Å². The summed E-state index contributed by atoms with van der Waals surface area (Å²) in [5.41, 5.74) is 0. The van der Waals surface area contributed by atoms with Gasteiger partial charge in [0, 0.05) is 12.8 Å². The van der Waals surface area contributed by atoms with Crippen LogP contribution in [0.2, 0.25) is 0 Å². The highest BCUT2D eigenvalue weighted by atomic mass is 16.2. The van der Waals surface area contributed by atoms with Gasteiger partial charge in [0.2, 0.25) is 11.8 Å². The van der Waals surface area contributed by atoms with Gasteiger partial charge in [0.05, 0.1) is 6.04 Å². The van der Waals surface area contributed by atoms with Crippen LogP contribution >= 0.6 is 0 Å². The topological polar surface area (TPSA) is 37.4 Å². The van der Waals surface area contributed by atoms with Crippen LogP contribution in [0.3, 0.4) is 0 Å². The first-order valence-electron chi connectivity index (χ1n) is 11.6. The Morgan fingerprint density at radius 1 is 0.815 bits per heavy atom. The van der Waals surface area contributed by atoms with Crippen molar-refractivity contribution in [3.63, 3.8) is 0 Å². The first kappa shape index (κ1) is 23.9. The Balaban J connectivity index is 2.37. The van der Waals surface area contributed by atoms with Crippen molar-refractivity contribution in [3.8, 4) is 0 Å². The van der Waals surface area contributed by atoms with Crippen molar-refractivity contribution in [1.82, 2.24) is 4.90 Å². The molecule has 1 fully saturated rings. The van der Waals surface area contributed by atoms with Gasteiger partial charge in [-0.1, -0.05) is 104 Å². The monoisotopic (exact) mass is 377 g/mol. The molecule has 2 atom stereocenters. The summed E-state index contributed by atoms with van der Waals surface area (Å²) in [7, 11) is 0. The summed E-state index contributed by atoms with van der Waals surface area (Å²) in [6.45, 7) is 6.65. The molecule has 1 aliphatic rings. The molecule has 0 N–H and O–H groups in total. The van der Waals surface area contributed by atoms with Crippen molar-refractivity contribution in [3.05, 3.63) is 12.2 Å². The van der Waals surface area contributed by atoms with Gasteiger partial charge in [-0.2, -0.15) is 0 Å². The second-order valence-corrected chi connectivity index (χ2v) is 8.31. The quantitative estimate of drug-likeness (QED) is 0.168. The summed E-state index contributed by atoms with van der Waals surface area (Å²) in [6, 6.07) is -0.0431. The van der Waals surface area contributed by atoms with Crippen LogP contribution in [0.25, 0.3) is 0 Å². The lowest BCUT2D eigenvalue weighted by molar-refractivity contribution is -0.141. The molecule has 0 radical (unpaired) electrons. The molecule has 0 spiro atoms. The number of unbranched alkanes of at least 4 members (excludes halogenated alkanes) is 10. The molecule has 0 aliphatic carbocycles. The van der Waals surface area contributed by atoms with Gasteiger partial charge in [-0.05, 0) is 18.8 Å². The molecular formula is C24H43NO2. The number of likely N-dealkylation sites (tertiary alicyclic amines) is 1. The number of allylic oxidation sites excluding steroid dienone is 1. The molecule has 0 bridgehead atoms. The third-order valence-electron chi connectivity index (χ3n) is 5.79. The third-order valence-corrected chi connectivity index (χ3v) is 5.79. The number of hydrogen-bond donors (Lipinski definition) is 0. The summed E-state index contributed by atoms with van der Waals surface area (Å²) in [5, 5.41) is 0. The summed E-state index contributed by atoms with van der Waals surface area (Å²) < 4.78 is 0. The number of carbonyl (C=O) groups excluding carboxylic acids is 2. The lowest BCUT2D eigenvalue weighted by atomic mass is 9.93. The van der Waals surface area contributed by atoms with Crippen LogP contribution in [0.15, 0.2) is 12.2 Å². The fourth-order valence-electron chi connectivity index (χ4n) is 3.96. The van der Waals surface area contributed by atoms with Gasteiger partial charge in [0.15, 0.2) is 0 Å². The number of nitrogens with zero attached hydrogens (tertiary/aromatic N) is 1. The average molecular weight is 378 g/mol. The van der Waals surface area contributed by atoms with Gasteiger partial charge < -0.3 is 0 Å². The normalized spacial score (nSPS) is 17.2. The Kier molecular flexibility index (Phi) is 13.2. The Hall–Kier alpha value is -1.12. The van der Waals surface area contributed by atoms with Crippen molar-refractivity contribution < 1.29 is 9.59 Å². The Bertz CT molecular complexity index is 428. The summed E-state index contributed by atoms with van der Waals surface area (Å²) >= 11 is 0. The number of carbonyl (C=O) groups is 2. The molecular weight excluding hydrogens is 334 g/mol. The zero-order chi connectivity index (χ0) is 19.9. The first-order chi connectivity index (χ1) is 13.1. The largest absolute Gasteiger partial charge is 0.275 e. The van der Waals surface area contributed by atoms with Crippen LogP contribution in [0.4, 0.5) is 0 Å². The van der Waals surface area contributed by atoms with Crippen molar-refractivity contribution in [2.24, 2.45) is 5.92 Å². The van der Waals surface area contributed by atoms with Gasteiger partial charge >= 0.3 is 0 Å². The van der Waals surface area contributed by atoms with Crippen molar-refractivity contribution in [2.75, 3.05) is 0 Å². The fourth-order valence-corrected chi connectivity index (χ4v) is 3.96. The number of amides is 2. The Morgan fingerprint density at radius 2 is 1.33 bits per heavy atom. The van der Waals surface area contributed by atoms with E-state index in [2.05, 4.69) is 32.9 Å². The maximum atomic E-state index is 12.2. The SMILES string of the molecule is CCCCC=CC(C(C)CCCCCCCCCCC)N1C(=O)CCC1=O. The van der Waals surface area contributed by atoms with E-state index in [0.717, 1.165) is 19.3 Å². The van der Waals surface area contributed by atoms with Gasteiger partial charge in [-0.3, -0.25) is 14.5 Å². The van der Waals surface area contributed by atoms with Crippen LogP contribution in [-0.2, 0) is 9.59 Å². The van der Waals surface area contributed by atoms with Crippen LogP contribution in [0, 0.1) is 5.92 Å². The van der Waals surface area contributed by atoms with Crippen LogP contribution in [0.1, 0.15) is 117 Å². The van der Waals surface area contributed by atoms with E-state index in [1.807, 2.05) is 0 Å². The molecule has 1 rings (SSSR count). The molecule has 1 saturated heterocycles. The van der Waals surface area contributed by atoms with E-state index in [1.54, 1.807) is 4.90 Å². The van der Waals surface area contributed by atoms with E-state index in [9.17, 15) is 9.59 Å². The molecule has 27 heavy (non-hydrogen) atoms. The zero-order valence-corrected chi connectivity index (χ0v) is 18.2. The maximum Gasteiger partial charge on any atom is 0.230 e. The number of rotatable bonds is 16. The molecule has 0 saturated carbocycles. The minimum Gasteiger partial charge on any atom is -0.275 e. The van der Waals surface area contributed by atoms with Gasteiger partial charge in [0.25, 0.3) is 0 Å². The lowest BCUT2D eigenvalue weighted by Gasteiger charge is -2.29. The molecule has 3 nitrogen and oxygen atoms in total. The van der Waals surface area contributed by atoms with Gasteiger partial charge in [0.1, 0.15) is 0 Å². The minimum atomic E-state index is -0.0431. The standard InChI is InChI=1S/C24H43NO2/c1-4-6-8-10-11-12-13-14-15-17-21(3)22(18-16-9-7-5-2)25-23(26)19-20-24(25)27/h16,18,21-22H,4-15,17,19-20H2,1-3H3. The predicted octanol–water partition coefficient (Wildman–Crippen LogP) is 6.81. The minimum absolute atomic E-state index is 0.0177. The number of imide groups is 1. The summed E-state index contributed by atoms with van der Waals surface area (Å²) in [6.07, 6.45) is 21.5. The van der Waals surface area contributed by atoms with E-state index >= 15 is 0 Å². The molecule has 0 aromatic heterocycles. The molecule has 2 amide bonds. The molecule has 1 heterocycles. The number of hydrogen-bond acceptors (Lipinski definition) is 2. The Morgan fingerprint density at radius 3 is 1.89 bits per heavy atom. The van der Waals surface area contributed by atoms with Crippen LogP contribution < -0.4 is 0 Å². The highest BCUT2D eigenvalue weighted by Crippen LogP contribution is 2.25. The van der Waals surface area contributed by atoms with Gasteiger partial charge in [-0.25, -0.2) is 0 Å². The van der Waals surface area contributed by atoms with E-state index in [0.29, 0.717) is 18.8 Å². The second-order valence-electron chi connectivity index (χ2n) is 8.31. The fraction of sp³-hybridized carbons (Fsp3) is 0.833. The lowest BCUT2D eigenvalue weighted by Crippen LogP contribution is -2.42. The van der Waals surface area contributed by atoms with Crippen molar-refractivity contribution in [2.45, 2.75) is 123 Å². The zero-order valence-electron chi connectivity index (χ0n) is 18.2. The third kappa shape index (κ3) is 9.58. The van der Waals surface area contributed by atoms with E-state index in [4.69, 9.17) is 0 Å². The molecule has 0 aromatic carbocycles. The predicted molar refractivity (Wildman–Crippen MR) is 115 cm³/mol. The highest BCUT2D eigenvalue weighted by Gasteiger charge is 2.35. The smallest absolute Gasteiger partial charge is 0.230 e. The maximum absolute atomic E-state index is 12.2. The summed E-state index contributed by atoms with van der Waals surface area (Å²) in [5.74, 6) is 0.381. The Labute approximate surface area is 168 Å². The molecule has 3 heteroatoms. The van der Waals surface area contributed by atoms with Gasteiger partial charge in [-0.15, -0.1) is 0 Å². The average Bonchev–Trinajstić information content (AvgIpc) is 2.99. The molecule has 1 aliphatic heterocycles. The highest BCUT2D eigenvalue weighted by molar-refractivity contribution is 6.02. The summed E-state index contributed by atoms with van der Waals surface area (Å²) in [4.78, 5) is 26.0. The second kappa shape index (κ2) is 14.9. The van der Waals surface area contributed by atoms with E-state index < -0.39 is 0 Å². The van der Waals surface area contributed by atoms with E-state index in [1.165, 1.54) is 64.2 Å². The molecule has 156 valence electrons. The van der Waals surface area contributed by atoms with E-state index in [-0.39, 0.29) is 17.9 Å².